The molecule has 1 heterocycles. The van der Waals surface area contributed by atoms with E-state index in [1.165, 1.54) is 37.3 Å². The molecule has 29 heavy (non-hydrogen) atoms. The maximum Gasteiger partial charge on any atom is 0.510 e. The molecule has 0 aromatic heterocycles. The Morgan fingerprint density at radius 3 is 2.66 bits per heavy atom. The summed E-state index contributed by atoms with van der Waals surface area (Å²) in [5, 5.41) is 12.9. The minimum atomic E-state index is -1.49. The quantitative estimate of drug-likeness (QED) is 0.296. The van der Waals surface area contributed by atoms with Crippen LogP contribution >= 0.6 is 0 Å². The van der Waals surface area contributed by atoms with E-state index in [4.69, 9.17) is 19.4 Å². The van der Waals surface area contributed by atoms with Crippen LogP contribution in [0.4, 0.5) is 4.79 Å². The van der Waals surface area contributed by atoms with Crippen LogP contribution in [0.1, 0.15) is 62.6 Å². The Morgan fingerprint density at radius 2 is 1.93 bits per heavy atom. The molecule has 1 aliphatic heterocycles. The first-order valence-electron chi connectivity index (χ1n) is 10.4. The van der Waals surface area contributed by atoms with Crippen molar-refractivity contribution in [3.05, 3.63) is 34.9 Å². The minimum Gasteiger partial charge on any atom is -0.450 e. The van der Waals surface area contributed by atoms with Gasteiger partial charge in [0, 0.05) is 12.8 Å². The number of benzene rings is 1. The molecule has 1 N–H and O–H groups in total. The van der Waals surface area contributed by atoms with Gasteiger partial charge in [-0.1, -0.05) is 17.3 Å². The summed E-state index contributed by atoms with van der Waals surface area (Å²) in [5.74, 6) is -1.27. The maximum absolute atomic E-state index is 10.6. The first kappa shape index (κ1) is 21.6. The Kier molecular flexibility index (Phi) is 7.50. The van der Waals surface area contributed by atoms with Gasteiger partial charge < -0.3 is 24.2 Å². The number of carboxylic acid groups (broad SMARTS) is 1. The highest BCUT2D eigenvalue weighted by molar-refractivity contribution is 5.98. The smallest absolute Gasteiger partial charge is 0.450 e. The van der Waals surface area contributed by atoms with E-state index in [1.807, 2.05) is 6.92 Å². The van der Waals surface area contributed by atoms with Gasteiger partial charge in [0.1, 0.15) is 6.61 Å². The van der Waals surface area contributed by atoms with Gasteiger partial charge in [0.2, 0.25) is 0 Å². The van der Waals surface area contributed by atoms with Crippen molar-refractivity contribution >= 4 is 11.9 Å². The Hall–Kier alpha value is -2.12. The van der Waals surface area contributed by atoms with Crippen molar-refractivity contribution in [2.75, 3.05) is 19.8 Å². The largest absolute Gasteiger partial charge is 0.510 e. The van der Waals surface area contributed by atoms with Gasteiger partial charge in [-0.3, -0.25) is 0 Å². The average molecular weight is 405 g/mol. The molecule has 1 fully saturated rings. The van der Waals surface area contributed by atoms with E-state index in [1.54, 1.807) is 0 Å². The molecule has 7 nitrogen and oxygen atoms in total. The molecule has 160 valence electrons. The summed E-state index contributed by atoms with van der Waals surface area (Å²) in [4.78, 5) is 16.1. The molecule has 7 heteroatoms. The molecular weight excluding hydrogens is 374 g/mol. The second kappa shape index (κ2) is 10.1. The zero-order chi connectivity index (χ0) is 20.7. The SMILES string of the molecule is CC(=NOCCCCC1COC(C)(OC(=O)O)OC1)c1ccc2c(c1)CCCC2. The highest BCUT2D eigenvalue weighted by atomic mass is 16.9. The number of carbonyl (C=O) groups is 1. The van der Waals surface area contributed by atoms with Gasteiger partial charge in [0.05, 0.1) is 18.9 Å². The third-order valence-corrected chi connectivity index (χ3v) is 5.50. The number of unbranched alkanes of at least 4 members (excludes halogenated alkanes) is 1. The highest BCUT2D eigenvalue weighted by Gasteiger charge is 2.36. The van der Waals surface area contributed by atoms with Crippen LogP contribution in [-0.4, -0.2) is 42.8 Å². The van der Waals surface area contributed by atoms with Crippen molar-refractivity contribution in [2.24, 2.45) is 11.1 Å². The van der Waals surface area contributed by atoms with Crippen LogP contribution in [0.15, 0.2) is 23.4 Å². The number of fused-ring (bicyclic) bond motifs is 1. The van der Waals surface area contributed by atoms with Gasteiger partial charge in [0.25, 0.3) is 0 Å². The van der Waals surface area contributed by atoms with Gasteiger partial charge in [-0.15, -0.1) is 0 Å². The molecule has 3 rings (SSSR count). The second-order valence-corrected chi connectivity index (χ2v) is 7.91. The number of aryl methyl sites for hydroxylation is 2. The summed E-state index contributed by atoms with van der Waals surface area (Å²) in [5.41, 5.74) is 4.96. The molecule has 0 unspecified atom stereocenters. The first-order chi connectivity index (χ1) is 14.0. The summed E-state index contributed by atoms with van der Waals surface area (Å²) < 4.78 is 15.4. The van der Waals surface area contributed by atoms with E-state index in [2.05, 4.69) is 28.1 Å². The summed E-state index contributed by atoms with van der Waals surface area (Å²) in [6.45, 7) is 4.85. The lowest BCUT2D eigenvalue weighted by molar-refractivity contribution is -0.379. The van der Waals surface area contributed by atoms with Crippen LogP contribution in [0.2, 0.25) is 0 Å². The van der Waals surface area contributed by atoms with Crippen LogP contribution in [0.3, 0.4) is 0 Å². The third kappa shape index (κ3) is 6.44. The second-order valence-electron chi connectivity index (χ2n) is 7.91. The molecule has 1 saturated heterocycles. The van der Waals surface area contributed by atoms with Gasteiger partial charge in [-0.25, -0.2) is 4.79 Å². The van der Waals surface area contributed by atoms with E-state index < -0.39 is 12.1 Å². The van der Waals surface area contributed by atoms with E-state index >= 15 is 0 Å². The van der Waals surface area contributed by atoms with Crippen LogP contribution in [0, 0.1) is 5.92 Å². The number of oxime groups is 1. The normalized spacial score (nSPS) is 24.6. The molecule has 1 aromatic carbocycles. The van der Waals surface area contributed by atoms with Crippen molar-refractivity contribution in [3.8, 4) is 0 Å². The molecule has 0 saturated carbocycles. The molecule has 0 spiro atoms. The number of rotatable bonds is 8. The fourth-order valence-electron chi connectivity index (χ4n) is 3.77. The lowest BCUT2D eigenvalue weighted by Gasteiger charge is -2.35. The fraction of sp³-hybridized carbons (Fsp3) is 0.636. The standard InChI is InChI=1S/C22H31NO6/c1-16(19-11-10-18-8-3-4-9-20(18)13-19)23-28-12-6-5-7-17-14-26-22(2,27-15-17)29-21(24)25/h10-11,13,17H,3-9,12,14-15H2,1-2H3,(H,24,25). The van der Waals surface area contributed by atoms with Gasteiger partial charge in [0.15, 0.2) is 0 Å². The average Bonchev–Trinajstić information content (AvgIpc) is 2.70. The molecule has 2 aliphatic rings. The van der Waals surface area contributed by atoms with Gasteiger partial charge in [-0.05, 0) is 74.6 Å². The number of nitrogens with zero attached hydrogens (tertiary/aromatic N) is 1. The topological polar surface area (TPSA) is 86.6 Å². The van der Waals surface area contributed by atoms with Crippen molar-refractivity contribution in [1.29, 1.82) is 0 Å². The molecule has 0 bridgehead atoms. The molecule has 1 aromatic rings. The minimum absolute atomic E-state index is 0.223. The summed E-state index contributed by atoms with van der Waals surface area (Å²) in [6.07, 6.45) is 6.26. The van der Waals surface area contributed by atoms with Crippen LogP contribution < -0.4 is 0 Å². The predicted octanol–water partition coefficient (Wildman–Crippen LogP) is 4.51. The number of hydrogen-bond acceptors (Lipinski definition) is 6. The molecule has 0 atom stereocenters. The van der Waals surface area contributed by atoms with E-state index in [9.17, 15) is 4.79 Å². The zero-order valence-corrected chi connectivity index (χ0v) is 17.3. The Morgan fingerprint density at radius 1 is 1.21 bits per heavy atom. The summed E-state index contributed by atoms with van der Waals surface area (Å²) >= 11 is 0. The third-order valence-electron chi connectivity index (χ3n) is 5.50. The lowest BCUT2D eigenvalue weighted by atomic mass is 9.90. The van der Waals surface area contributed by atoms with Crippen molar-refractivity contribution in [3.63, 3.8) is 0 Å². The van der Waals surface area contributed by atoms with Crippen molar-refractivity contribution in [1.82, 2.24) is 0 Å². The van der Waals surface area contributed by atoms with Gasteiger partial charge >= 0.3 is 12.1 Å². The van der Waals surface area contributed by atoms with E-state index in [0.29, 0.717) is 19.8 Å². The fourth-order valence-corrected chi connectivity index (χ4v) is 3.77. The Bertz CT molecular complexity index is 724. The van der Waals surface area contributed by atoms with Gasteiger partial charge in [-0.2, -0.15) is 0 Å². The predicted molar refractivity (Wildman–Crippen MR) is 108 cm³/mol. The maximum atomic E-state index is 10.6. The van der Waals surface area contributed by atoms with Crippen LogP contribution in [0.5, 0.6) is 0 Å². The number of hydrogen-bond donors (Lipinski definition) is 1. The molecule has 0 amide bonds. The van der Waals surface area contributed by atoms with E-state index in [-0.39, 0.29) is 5.92 Å². The van der Waals surface area contributed by atoms with Crippen molar-refractivity contribution in [2.45, 2.75) is 64.8 Å². The number of ether oxygens (including phenoxy) is 3. The van der Waals surface area contributed by atoms with Crippen LogP contribution in [-0.2, 0) is 31.9 Å². The van der Waals surface area contributed by atoms with Crippen molar-refractivity contribution < 1.29 is 28.9 Å². The first-order valence-corrected chi connectivity index (χ1v) is 10.4. The summed E-state index contributed by atoms with van der Waals surface area (Å²) in [6, 6.07) is 6.61. The van der Waals surface area contributed by atoms with E-state index in [0.717, 1.165) is 37.0 Å². The zero-order valence-electron chi connectivity index (χ0n) is 17.3. The highest BCUT2D eigenvalue weighted by Crippen LogP contribution is 2.25. The molecule has 0 radical (unpaired) electrons. The summed E-state index contributed by atoms with van der Waals surface area (Å²) in [7, 11) is 0. The Labute approximate surface area is 172 Å². The molecular formula is C22H31NO6. The Balaban J connectivity index is 1.32. The monoisotopic (exact) mass is 405 g/mol. The molecule has 1 aliphatic carbocycles. The van der Waals surface area contributed by atoms with Crippen LogP contribution in [0.25, 0.3) is 0 Å². The lowest BCUT2D eigenvalue weighted by Crippen LogP contribution is -2.45.